The number of thioether (sulfide) groups is 1. The molecule has 0 amide bonds. The lowest BCUT2D eigenvalue weighted by molar-refractivity contribution is -0.140. The number of sulfonamides is 1. The first-order valence-electron chi connectivity index (χ1n) is 6.77. The summed E-state index contributed by atoms with van der Waals surface area (Å²) in [6, 6.07) is 6.90. The van der Waals surface area contributed by atoms with Gasteiger partial charge in [-0.3, -0.25) is 4.79 Å². The molecule has 1 aliphatic rings. The minimum Gasteiger partial charge on any atom is -0.468 e. The largest absolute Gasteiger partial charge is 0.468 e. The minimum absolute atomic E-state index is 0.162. The van der Waals surface area contributed by atoms with Gasteiger partial charge in [0.2, 0.25) is 10.0 Å². The number of carbonyl (C=O) groups excluding carboxylic acids is 1. The molecule has 1 fully saturated rings. The van der Waals surface area contributed by atoms with Crippen molar-refractivity contribution < 1.29 is 17.9 Å². The number of hydrogen-bond acceptors (Lipinski definition) is 5. The maximum Gasteiger partial charge on any atom is 0.320 e. The molecule has 1 saturated heterocycles. The summed E-state index contributed by atoms with van der Waals surface area (Å²) in [7, 11) is -2.23. The number of aryl methyl sites for hydroxylation is 1. The van der Waals surface area contributed by atoms with Crippen LogP contribution in [0.1, 0.15) is 12.5 Å². The first-order valence-corrected chi connectivity index (χ1v) is 9.26. The third-order valence-corrected chi connectivity index (χ3v) is 6.50. The average Bonchev–Trinajstić information content (AvgIpc) is 2.54. The van der Waals surface area contributed by atoms with Gasteiger partial charge < -0.3 is 4.74 Å². The van der Waals surface area contributed by atoms with Gasteiger partial charge in [-0.05, 0) is 24.1 Å². The topological polar surface area (TPSA) is 63.7 Å². The summed E-state index contributed by atoms with van der Waals surface area (Å²) in [6.07, 6.45) is 0.866. The molecule has 2 rings (SSSR count). The SMILES string of the molecule is CCc1ccc(S(=O)(=O)N2CCS[C@H](C(=O)OC)C2)cc1. The molecule has 0 radical (unpaired) electrons. The maximum absolute atomic E-state index is 12.6. The standard InChI is InChI=1S/C14H19NO4S2/c1-3-11-4-6-12(7-5-11)21(17,18)15-8-9-20-13(10-15)14(16)19-2/h4-7,13H,3,8-10H2,1-2H3/t13-/m0/s1. The van der Waals surface area contributed by atoms with Crippen molar-refractivity contribution in [1.82, 2.24) is 4.31 Å². The number of methoxy groups -OCH3 is 1. The molecule has 5 nitrogen and oxygen atoms in total. The van der Waals surface area contributed by atoms with E-state index in [0.29, 0.717) is 12.3 Å². The summed E-state index contributed by atoms with van der Waals surface area (Å²) < 4.78 is 31.3. The molecule has 0 saturated carbocycles. The first kappa shape index (κ1) is 16.3. The van der Waals surface area contributed by atoms with E-state index >= 15 is 0 Å². The summed E-state index contributed by atoms with van der Waals surface area (Å²) in [5, 5.41) is -0.451. The number of benzene rings is 1. The zero-order valence-electron chi connectivity index (χ0n) is 12.1. The number of nitrogens with zero attached hydrogens (tertiary/aromatic N) is 1. The van der Waals surface area contributed by atoms with Crippen LogP contribution in [0.25, 0.3) is 0 Å². The number of esters is 1. The van der Waals surface area contributed by atoms with Crippen molar-refractivity contribution in [3.8, 4) is 0 Å². The van der Waals surface area contributed by atoms with Crippen LogP contribution in [0.5, 0.6) is 0 Å². The molecule has 0 unspecified atom stereocenters. The Morgan fingerprint density at radius 2 is 2.05 bits per heavy atom. The number of rotatable bonds is 4. The van der Waals surface area contributed by atoms with E-state index in [9.17, 15) is 13.2 Å². The molecule has 1 heterocycles. The molecule has 1 aliphatic heterocycles. The Balaban J connectivity index is 2.19. The molecule has 0 bridgehead atoms. The van der Waals surface area contributed by atoms with E-state index in [-0.39, 0.29) is 17.4 Å². The van der Waals surface area contributed by atoms with E-state index < -0.39 is 15.3 Å². The fourth-order valence-electron chi connectivity index (χ4n) is 2.16. The minimum atomic E-state index is -3.55. The van der Waals surface area contributed by atoms with Gasteiger partial charge in [0.05, 0.1) is 12.0 Å². The van der Waals surface area contributed by atoms with Crippen molar-refractivity contribution >= 4 is 27.8 Å². The Hall–Kier alpha value is -1.05. The Morgan fingerprint density at radius 3 is 2.62 bits per heavy atom. The first-order chi connectivity index (χ1) is 9.98. The second kappa shape index (κ2) is 6.81. The quantitative estimate of drug-likeness (QED) is 0.784. The van der Waals surface area contributed by atoms with Crippen LogP contribution in [0.15, 0.2) is 29.2 Å². The molecule has 7 heteroatoms. The van der Waals surface area contributed by atoms with Crippen LogP contribution in [0.2, 0.25) is 0 Å². The summed E-state index contributed by atoms with van der Waals surface area (Å²) in [4.78, 5) is 11.9. The molecule has 0 aliphatic carbocycles. The van der Waals surface area contributed by atoms with E-state index in [2.05, 4.69) is 0 Å². The number of carbonyl (C=O) groups is 1. The van der Waals surface area contributed by atoms with Crippen LogP contribution in [-0.2, 0) is 26.0 Å². The van der Waals surface area contributed by atoms with E-state index in [1.165, 1.54) is 23.2 Å². The maximum atomic E-state index is 12.6. The van der Waals surface area contributed by atoms with Crippen LogP contribution >= 0.6 is 11.8 Å². The molecule has 0 N–H and O–H groups in total. The summed E-state index contributed by atoms with van der Waals surface area (Å²) >= 11 is 1.44. The van der Waals surface area contributed by atoms with E-state index in [1.807, 2.05) is 19.1 Å². The predicted octanol–water partition coefficient (Wildman–Crippen LogP) is 1.53. The fourth-order valence-corrected chi connectivity index (χ4v) is 4.96. The number of ether oxygens (including phenoxy) is 1. The Morgan fingerprint density at radius 1 is 1.38 bits per heavy atom. The van der Waals surface area contributed by atoms with Crippen LogP contribution < -0.4 is 0 Å². The second-order valence-corrected chi connectivity index (χ2v) is 7.99. The lowest BCUT2D eigenvalue weighted by Gasteiger charge is -2.30. The van der Waals surface area contributed by atoms with Gasteiger partial charge in [0.15, 0.2) is 0 Å². The highest BCUT2D eigenvalue weighted by Crippen LogP contribution is 2.25. The third kappa shape index (κ3) is 3.59. The van der Waals surface area contributed by atoms with Crippen LogP contribution in [0.3, 0.4) is 0 Å². The summed E-state index contributed by atoms with van der Waals surface area (Å²) in [5.74, 6) is 0.215. The van der Waals surface area contributed by atoms with Crippen molar-refractivity contribution in [3.05, 3.63) is 29.8 Å². The van der Waals surface area contributed by atoms with Crippen LogP contribution in [0.4, 0.5) is 0 Å². The van der Waals surface area contributed by atoms with Crippen molar-refractivity contribution in [2.24, 2.45) is 0 Å². The molecule has 0 aromatic heterocycles. The lowest BCUT2D eigenvalue weighted by atomic mass is 10.2. The molecule has 1 aromatic carbocycles. The van der Waals surface area contributed by atoms with E-state index in [1.54, 1.807) is 12.1 Å². The molecule has 1 atom stereocenters. The second-order valence-electron chi connectivity index (χ2n) is 4.74. The molecule has 1 aromatic rings. The van der Waals surface area contributed by atoms with Gasteiger partial charge in [0, 0.05) is 18.8 Å². The van der Waals surface area contributed by atoms with Gasteiger partial charge in [0.25, 0.3) is 0 Å². The zero-order chi connectivity index (χ0) is 15.5. The smallest absolute Gasteiger partial charge is 0.320 e. The predicted molar refractivity (Wildman–Crippen MR) is 82.8 cm³/mol. The van der Waals surface area contributed by atoms with E-state index in [0.717, 1.165) is 12.0 Å². The lowest BCUT2D eigenvalue weighted by Crippen LogP contribution is -2.44. The van der Waals surface area contributed by atoms with Crippen molar-refractivity contribution in [1.29, 1.82) is 0 Å². The van der Waals surface area contributed by atoms with Crippen LogP contribution in [-0.4, -0.2) is 49.9 Å². The Labute approximate surface area is 129 Å². The van der Waals surface area contributed by atoms with Crippen molar-refractivity contribution in [2.45, 2.75) is 23.5 Å². The van der Waals surface area contributed by atoms with E-state index in [4.69, 9.17) is 4.74 Å². The Bertz CT molecular complexity index is 598. The molecule has 21 heavy (non-hydrogen) atoms. The molecule has 116 valence electrons. The van der Waals surface area contributed by atoms with Gasteiger partial charge in [-0.25, -0.2) is 8.42 Å². The van der Waals surface area contributed by atoms with Gasteiger partial charge in [-0.2, -0.15) is 4.31 Å². The highest BCUT2D eigenvalue weighted by Gasteiger charge is 2.34. The highest BCUT2D eigenvalue weighted by atomic mass is 32.2. The Kier molecular flexibility index (Phi) is 5.29. The summed E-state index contributed by atoms with van der Waals surface area (Å²) in [6.45, 7) is 2.59. The van der Waals surface area contributed by atoms with Gasteiger partial charge in [0.1, 0.15) is 5.25 Å². The normalized spacial score (nSPS) is 20.2. The van der Waals surface area contributed by atoms with Gasteiger partial charge >= 0.3 is 5.97 Å². The average molecular weight is 329 g/mol. The van der Waals surface area contributed by atoms with Crippen LogP contribution in [0, 0.1) is 0 Å². The number of hydrogen-bond donors (Lipinski definition) is 0. The summed E-state index contributed by atoms with van der Waals surface area (Å²) in [5.41, 5.74) is 1.09. The fraction of sp³-hybridized carbons (Fsp3) is 0.500. The molecular weight excluding hydrogens is 310 g/mol. The van der Waals surface area contributed by atoms with Crippen molar-refractivity contribution in [3.63, 3.8) is 0 Å². The highest BCUT2D eigenvalue weighted by molar-refractivity contribution is 8.00. The molecular formula is C14H19NO4S2. The molecule has 0 spiro atoms. The van der Waals surface area contributed by atoms with Gasteiger partial charge in [-0.1, -0.05) is 19.1 Å². The van der Waals surface area contributed by atoms with Gasteiger partial charge in [-0.15, -0.1) is 11.8 Å². The third-order valence-electron chi connectivity index (χ3n) is 3.46. The zero-order valence-corrected chi connectivity index (χ0v) is 13.7. The van der Waals surface area contributed by atoms with Crippen molar-refractivity contribution in [2.75, 3.05) is 26.0 Å². The monoisotopic (exact) mass is 329 g/mol.